The molecule has 2 aliphatic rings. The van der Waals surface area contributed by atoms with Crippen LogP contribution in [0.1, 0.15) is 42.6 Å². The second kappa shape index (κ2) is 6.75. The van der Waals surface area contributed by atoms with Crippen LogP contribution in [0.25, 0.3) is 9.88 Å². The fraction of sp³-hybridized carbons (Fsp3) is 0.375. The van der Waals surface area contributed by atoms with Crippen molar-refractivity contribution in [1.29, 1.82) is 0 Å². The molecule has 4 amide bonds. The van der Waals surface area contributed by atoms with E-state index in [0.717, 1.165) is 33.6 Å². The van der Waals surface area contributed by atoms with Gasteiger partial charge in [-0.1, -0.05) is 19.3 Å². The third kappa shape index (κ3) is 3.06. The molecule has 1 saturated heterocycles. The molecule has 136 valence electrons. The van der Waals surface area contributed by atoms with E-state index in [0.29, 0.717) is 17.8 Å². The first-order valence-electron chi connectivity index (χ1n) is 8.16. The normalized spacial score (nSPS) is 19.0. The fourth-order valence-corrected chi connectivity index (χ4v) is 5.60. The highest BCUT2D eigenvalue weighted by atomic mass is 79.9. The molecule has 0 bridgehead atoms. The summed E-state index contributed by atoms with van der Waals surface area (Å²) in [6.07, 6.45) is 4.05. The molecule has 2 aromatic rings. The number of aromatic nitrogens is 1. The molecule has 3 heterocycles. The van der Waals surface area contributed by atoms with E-state index in [1.165, 1.54) is 22.7 Å². The molecule has 1 aliphatic carbocycles. The molecule has 10 heteroatoms. The van der Waals surface area contributed by atoms with Crippen molar-refractivity contribution in [2.24, 2.45) is 0 Å². The highest BCUT2D eigenvalue weighted by molar-refractivity contribution is 9.10. The Balaban J connectivity index is 1.49. The Bertz CT molecular complexity index is 888. The number of amides is 4. The average molecular weight is 455 g/mol. The largest absolute Gasteiger partial charge is 0.344 e. The van der Waals surface area contributed by atoms with Crippen molar-refractivity contribution < 1.29 is 14.4 Å². The number of nitrogens with zero attached hydrogens (tertiary/aromatic N) is 2. The van der Waals surface area contributed by atoms with Crippen LogP contribution >= 0.6 is 38.6 Å². The molecule has 1 aliphatic heterocycles. The zero-order chi connectivity index (χ0) is 18.3. The smallest absolute Gasteiger partial charge is 0.322 e. The standard InChI is InChI=1S/C16H15BrN4O3S2/c17-9-6-11(25-7-9)13-18-10(8-26-13)12(22)20-21-14(23)16(19-15(21)24)4-2-1-3-5-16/h6-8H,1-5H2,(H,19,24)(H,20,22). The summed E-state index contributed by atoms with van der Waals surface area (Å²) in [5, 5.41) is 7.83. The van der Waals surface area contributed by atoms with Gasteiger partial charge in [0, 0.05) is 15.2 Å². The van der Waals surface area contributed by atoms with Crippen molar-refractivity contribution in [2.45, 2.75) is 37.6 Å². The predicted octanol–water partition coefficient (Wildman–Crippen LogP) is 3.53. The second-order valence-corrected chi connectivity index (χ2v) is 9.01. The number of thiazole rings is 1. The topological polar surface area (TPSA) is 91.4 Å². The summed E-state index contributed by atoms with van der Waals surface area (Å²) in [4.78, 5) is 42.6. The van der Waals surface area contributed by atoms with E-state index >= 15 is 0 Å². The van der Waals surface area contributed by atoms with E-state index in [4.69, 9.17) is 0 Å². The molecule has 7 nitrogen and oxygen atoms in total. The van der Waals surface area contributed by atoms with Gasteiger partial charge < -0.3 is 5.32 Å². The van der Waals surface area contributed by atoms with Crippen molar-refractivity contribution >= 4 is 56.4 Å². The van der Waals surface area contributed by atoms with Gasteiger partial charge in [-0.3, -0.25) is 15.0 Å². The minimum absolute atomic E-state index is 0.180. The highest BCUT2D eigenvalue weighted by Gasteiger charge is 2.52. The Labute approximate surface area is 165 Å². The van der Waals surface area contributed by atoms with E-state index in [2.05, 4.69) is 31.7 Å². The average Bonchev–Trinajstić information content (AvgIpc) is 3.32. The van der Waals surface area contributed by atoms with Gasteiger partial charge in [0.15, 0.2) is 0 Å². The molecular weight excluding hydrogens is 440 g/mol. The molecule has 2 N–H and O–H groups in total. The van der Waals surface area contributed by atoms with Crippen molar-refractivity contribution in [1.82, 2.24) is 20.7 Å². The molecule has 0 atom stereocenters. The molecule has 0 unspecified atom stereocenters. The zero-order valence-electron chi connectivity index (χ0n) is 13.6. The van der Waals surface area contributed by atoms with Crippen LogP contribution in [0.3, 0.4) is 0 Å². The second-order valence-electron chi connectivity index (χ2n) is 6.32. The number of hydrogen-bond donors (Lipinski definition) is 2. The Morgan fingerprint density at radius 3 is 2.69 bits per heavy atom. The van der Waals surface area contributed by atoms with Crippen LogP contribution in [0.2, 0.25) is 0 Å². The van der Waals surface area contributed by atoms with Crippen LogP contribution in [0.5, 0.6) is 0 Å². The van der Waals surface area contributed by atoms with Gasteiger partial charge in [0.1, 0.15) is 16.2 Å². The van der Waals surface area contributed by atoms with Crippen LogP contribution in [-0.4, -0.2) is 33.4 Å². The van der Waals surface area contributed by atoms with E-state index in [-0.39, 0.29) is 11.6 Å². The van der Waals surface area contributed by atoms with Gasteiger partial charge >= 0.3 is 6.03 Å². The minimum atomic E-state index is -0.862. The van der Waals surface area contributed by atoms with Gasteiger partial charge in [0.05, 0.1) is 4.88 Å². The molecule has 0 radical (unpaired) electrons. The zero-order valence-corrected chi connectivity index (χ0v) is 16.8. The van der Waals surface area contributed by atoms with E-state index in [9.17, 15) is 14.4 Å². The number of hydrogen-bond acceptors (Lipinski definition) is 6. The lowest BCUT2D eigenvalue weighted by Gasteiger charge is -2.30. The number of imide groups is 1. The van der Waals surface area contributed by atoms with Crippen molar-refractivity contribution in [3.8, 4) is 9.88 Å². The van der Waals surface area contributed by atoms with Gasteiger partial charge in [0.2, 0.25) is 0 Å². The molecular formula is C16H15BrN4O3S2. The summed E-state index contributed by atoms with van der Waals surface area (Å²) >= 11 is 6.25. The van der Waals surface area contributed by atoms with Crippen LogP contribution in [-0.2, 0) is 4.79 Å². The lowest BCUT2D eigenvalue weighted by atomic mass is 9.82. The predicted molar refractivity (Wildman–Crippen MR) is 102 cm³/mol. The number of halogens is 1. The van der Waals surface area contributed by atoms with Gasteiger partial charge in [-0.05, 0) is 34.8 Å². The lowest BCUT2D eigenvalue weighted by Crippen LogP contribution is -2.51. The Hall–Kier alpha value is -1.78. The molecule has 26 heavy (non-hydrogen) atoms. The molecule has 2 fully saturated rings. The highest BCUT2D eigenvalue weighted by Crippen LogP contribution is 2.34. The van der Waals surface area contributed by atoms with E-state index in [1.807, 2.05) is 11.4 Å². The molecule has 0 aromatic carbocycles. The number of thiophene rings is 1. The van der Waals surface area contributed by atoms with Crippen LogP contribution in [0.15, 0.2) is 21.3 Å². The van der Waals surface area contributed by atoms with Gasteiger partial charge in [-0.15, -0.1) is 22.7 Å². The number of urea groups is 1. The number of hydrazine groups is 1. The maximum atomic E-state index is 12.7. The first-order chi connectivity index (χ1) is 12.5. The number of carbonyl (C=O) groups excluding carboxylic acids is 3. The molecule has 1 spiro atoms. The first-order valence-corrected chi connectivity index (χ1v) is 10.7. The lowest BCUT2D eigenvalue weighted by molar-refractivity contribution is -0.134. The summed E-state index contributed by atoms with van der Waals surface area (Å²) in [6, 6.07) is 1.35. The van der Waals surface area contributed by atoms with Crippen LogP contribution in [0.4, 0.5) is 4.79 Å². The molecule has 2 aromatic heterocycles. The van der Waals surface area contributed by atoms with Crippen molar-refractivity contribution in [3.63, 3.8) is 0 Å². The summed E-state index contributed by atoms with van der Waals surface area (Å²) in [6.45, 7) is 0. The third-order valence-corrected chi connectivity index (χ3v) is 7.30. The minimum Gasteiger partial charge on any atom is -0.322 e. The van der Waals surface area contributed by atoms with Crippen molar-refractivity contribution in [2.75, 3.05) is 0 Å². The SMILES string of the molecule is O=C(NN1C(=O)NC2(CCCCC2)C1=O)c1csc(-c2cc(Br)cs2)n1. The summed E-state index contributed by atoms with van der Waals surface area (Å²) in [5.74, 6) is -0.951. The number of rotatable bonds is 3. The van der Waals surface area contributed by atoms with E-state index in [1.54, 1.807) is 5.38 Å². The van der Waals surface area contributed by atoms with Gasteiger partial charge in [-0.25, -0.2) is 9.78 Å². The fourth-order valence-electron chi connectivity index (χ4n) is 3.29. The maximum absolute atomic E-state index is 12.7. The maximum Gasteiger partial charge on any atom is 0.344 e. The Morgan fingerprint density at radius 2 is 2.00 bits per heavy atom. The van der Waals surface area contributed by atoms with Gasteiger partial charge in [-0.2, -0.15) is 5.01 Å². The molecule has 1 saturated carbocycles. The molecule has 4 rings (SSSR count). The number of nitrogens with one attached hydrogen (secondary N) is 2. The Morgan fingerprint density at radius 1 is 1.23 bits per heavy atom. The quantitative estimate of drug-likeness (QED) is 0.693. The monoisotopic (exact) mass is 454 g/mol. The van der Waals surface area contributed by atoms with Crippen molar-refractivity contribution in [3.05, 3.63) is 27.0 Å². The summed E-state index contributed by atoms with van der Waals surface area (Å²) < 4.78 is 0.954. The Kier molecular flexibility index (Phi) is 4.57. The summed E-state index contributed by atoms with van der Waals surface area (Å²) in [5.41, 5.74) is 1.73. The summed E-state index contributed by atoms with van der Waals surface area (Å²) in [7, 11) is 0. The van der Waals surface area contributed by atoms with E-state index < -0.39 is 17.5 Å². The van der Waals surface area contributed by atoms with Crippen LogP contribution < -0.4 is 10.7 Å². The first kappa shape index (κ1) is 17.6. The number of carbonyl (C=O) groups is 3. The third-order valence-electron chi connectivity index (χ3n) is 4.60. The van der Waals surface area contributed by atoms with Gasteiger partial charge in [0.25, 0.3) is 11.8 Å². The van der Waals surface area contributed by atoms with Crippen LogP contribution in [0, 0.1) is 0 Å².